The number of carbonyl (C=O) groups is 1. The first-order valence-electron chi connectivity index (χ1n) is 7.17. The third-order valence-corrected chi connectivity index (χ3v) is 3.28. The lowest BCUT2D eigenvalue weighted by Crippen LogP contribution is -2.58. The second-order valence-electron chi connectivity index (χ2n) is 6.49. The number of nitrogens with zero attached hydrogens (tertiary/aromatic N) is 1. The molecular formula is C15H20F3N3O2. The Morgan fingerprint density at radius 1 is 1.30 bits per heavy atom. The number of hydrogen-bond acceptors (Lipinski definition) is 4. The Labute approximate surface area is 132 Å². The van der Waals surface area contributed by atoms with Crippen LogP contribution >= 0.6 is 0 Å². The summed E-state index contributed by atoms with van der Waals surface area (Å²) in [6.45, 7) is 5.78. The molecule has 8 heteroatoms. The van der Waals surface area contributed by atoms with E-state index in [9.17, 15) is 18.0 Å². The van der Waals surface area contributed by atoms with E-state index in [1.807, 2.05) is 0 Å². The fourth-order valence-corrected chi connectivity index (χ4v) is 2.22. The number of carbonyl (C=O) groups excluding carboxylic acids is 1. The highest BCUT2D eigenvalue weighted by Crippen LogP contribution is 2.38. The molecule has 1 aliphatic heterocycles. The molecule has 0 saturated carbocycles. The van der Waals surface area contributed by atoms with Crippen LogP contribution in [0.25, 0.3) is 0 Å². The number of alkyl halides is 3. The van der Waals surface area contributed by atoms with E-state index in [-0.39, 0.29) is 30.5 Å². The number of hydrogen-bond donors (Lipinski definition) is 2. The van der Waals surface area contributed by atoms with Crippen molar-refractivity contribution < 1.29 is 22.7 Å². The van der Waals surface area contributed by atoms with Gasteiger partial charge in [-0.05, 0) is 32.9 Å². The average Bonchev–Trinajstić information content (AvgIpc) is 2.30. The van der Waals surface area contributed by atoms with Gasteiger partial charge in [-0.3, -0.25) is 0 Å². The molecule has 0 unspecified atom stereocenters. The molecule has 1 aromatic carbocycles. The van der Waals surface area contributed by atoms with Crippen molar-refractivity contribution in [2.24, 2.45) is 0 Å². The van der Waals surface area contributed by atoms with E-state index in [4.69, 9.17) is 10.5 Å². The predicted octanol–water partition coefficient (Wildman–Crippen LogP) is 3.32. The van der Waals surface area contributed by atoms with Crippen molar-refractivity contribution in [1.29, 1.82) is 0 Å². The zero-order valence-electron chi connectivity index (χ0n) is 13.2. The number of nitrogens with one attached hydrogen (secondary N) is 1. The molecule has 23 heavy (non-hydrogen) atoms. The third kappa shape index (κ3) is 4.20. The van der Waals surface area contributed by atoms with Crippen molar-refractivity contribution in [1.82, 2.24) is 4.90 Å². The molecule has 2 rings (SSSR count). The first-order chi connectivity index (χ1) is 10.5. The number of benzene rings is 1. The zero-order chi connectivity index (χ0) is 17.4. The van der Waals surface area contributed by atoms with E-state index in [0.29, 0.717) is 0 Å². The number of ether oxygens (including phenoxy) is 1. The number of likely N-dealkylation sites (tertiary alicyclic amines) is 1. The number of halogens is 3. The summed E-state index contributed by atoms with van der Waals surface area (Å²) in [6.07, 6.45) is -4.97. The van der Waals surface area contributed by atoms with Crippen molar-refractivity contribution >= 4 is 17.5 Å². The minimum Gasteiger partial charge on any atom is -0.444 e. The van der Waals surface area contributed by atoms with Gasteiger partial charge in [0, 0.05) is 13.1 Å². The quantitative estimate of drug-likeness (QED) is 0.816. The molecule has 1 aromatic rings. The van der Waals surface area contributed by atoms with Crippen LogP contribution in [0, 0.1) is 0 Å². The molecule has 1 heterocycles. The standard InChI is InChI=1S/C15H20F3N3O2/c1-14(2,3)23-13(22)21-7-9(8-21)20-12-10(15(16,17)18)5-4-6-11(12)19/h4-6,9,20H,7-8,19H2,1-3H3. The van der Waals surface area contributed by atoms with Gasteiger partial charge in [-0.15, -0.1) is 0 Å². The Morgan fingerprint density at radius 3 is 2.43 bits per heavy atom. The molecule has 128 valence electrons. The molecule has 0 atom stereocenters. The number of nitrogen functional groups attached to an aromatic ring is 1. The minimum atomic E-state index is -4.49. The van der Waals surface area contributed by atoms with Crippen LogP contribution < -0.4 is 11.1 Å². The summed E-state index contributed by atoms with van der Waals surface area (Å²) in [7, 11) is 0. The number of anilines is 2. The van der Waals surface area contributed by atoms with Crippen molar-refractivity contribution in [3.63, 3.8) is 0 Å². The Morgan fingerprint density at radius 2 is 1.91 bits per heavy atom. The van der Waals surface area contributed by atoms with E-state index in [1.54, 1.807) is 20.8 Å². The summed E-state index contributed by atoms with van der Waals surface area (Å²) in [5, 5.41) is 2.78. The fraction of sp³-hybridized carbons (Fsp3) is 0.533. The van der Waals surface area contributed by atoms with Crippen LogP contribution in [0.1, 0.15) is 26.3 Å². The van der Waals surface area contributed by atoms with E-state index >= 15 is 0 Å². The second-order valence-corrected chi connectivity index (χ2v) is 6.49. The monoisotopic (exact) mass is 331 g/mol. The zero-order valence-corrected chi connectivity index (χ0v) is 13.2. The van der Waals surface area contributed by atoms with Gasteiger partial charge in [-0.1, -0.05) is 6.07 Å². The SMILES string of the molecule is CC(C)(C)OC(=O)N1CC(Nc2c(N)cccc2C(F)(F)F)C1. The topological polar surface area (TPSA) is 67.6 Å². The molecular weight excluding hydrogens is 311 g/mol. The summed E-state index contributed by atoms with van der Waals surface area (Å²) < 4.78 is 44.2. The van der Waals surface area contributed by atoms with Crippen molar-refractivity contribution in [2.75, 3.05) is 24.1 Å². The van der Waals surface area contributed by atoms with Gasteiger partial charge in [-0.25, -0.2) is 4.79 Å². The molecule has 0 aromatic heterocycles. The molecule has 1 saturated heterocycles. The van der Waals surface area contributed by atoms with Crippen molar-refractivity contribution in [3.05, 3.63) is 23.8 Å². The molecule has 0 spiro atoms. The van der Waals surface area contributed by atoms with Gasteiger partial charge in [0.05, 0.1) is 23.0 Å². The normalized spacial score (nSPS) is 16.0. The van der Waals surface area contributed by atoms with Gasteiger partial charge in [0.1, 0.15) is 5.60 Å². The highest BCUT2D eigenvalue weighted by Gasteiger charge is 2.38. The average molecular weight is 331 g/mol. The van der Waals surface area contributed by atoms with Crippen molar-refractivity contribution in [3.8, 4) is 0 Å². The molecule has 1 amide bonds. The van der Waals surface area contributed by atoms with Crippen LogP contribution in [0.5, 0.6) is 0 Å². The molecule has 1 fully saturated rings. The molecule has 1 aliphatic rings. The highest BCUT2D eigenvalue weighted by molar-refractivity contribution is 5.73. The van der Waals surface area contributed by atoms with E-state index in [2.05, 4.69) is 5.32 Å². The maximum atomic E-state index is 13.0. The van der Waals surface area contributed by atoms with Crippen LogP contribution in [-0.4, -0.2) is 35.7 Å². The largest absolute Gasteiger partial charge is 0.444 e. The van der Waals surface area contributed by atoms with Gasteiger partial charge in [0.15, 0.2) is 0 Å². The van der Waals surface area contributed by atoms with E-state index < -0.39 is 23.4 Å². The molecule has 0 radical (unpaired) electrons. The molecule has 5 nitrogen and oxygen atoms in total. The van der Waals surface area contributed by atoms with Gasteiger partial charge in [-0.2, -0.15) is 13.2 Å². The summed E-state index contributed by atoms with van der Waals surface area (Å²) in [6, 6.07) is 3.34. The number of amides is 1. The van der Waals surface area contributed by atoms with Crippen LogP contribution in [0.15, 0.2) is 18.2 Å². The van der Waals surface area contributed by atoms with E-state index in [0.717, 1.165) is 6.07 Å². The summed E-state index contributed by atoms with van der Waals surface area (Å²) >= 11 is 0. The Kier molecular flexibility index (Phi) is 4.37. The number of rotatable bonds is 2. The lowest BCUT2D eigenvalue weighted by atomic mass is 10.1. The maximum Gasteiger partial charge on any atom is 0.418 e. The van der Waals surface area contributed by atoms with Gasteiger partial charge >= 0.3 is 12.3 Å². The molecule has 0 bridgehead atoms. The minimum absolute atomic E-state index is 0.0237. The van der Waals surface area contributed by atoms with Crippen LogP contribution in [0.2, 0.25) is 0 Å². The molecule has 0 aliphatic carbocycles. The second kappa shape index (κ2) is 5.82. The molecule has 3 N–H and O–H groups in total. The summed E-state index contributed by atoms with van der Waals surface area (Å²) in [5.41, 5.74) is 4.11. The summed E-state index contributed by atoms with van der Waals surface area (Å²) in [4.78, 5) is 13.2. The smallest absolute Gasteiger partial charge is 0.418 e. The third-order valence-electron chi connectivity index (χ3n) is 3.28. The first-order valence-corrected chi connectivity index (χ1v) is 7.17. The van der Waals surface area contributed by atoms with Crippen LogP contribution in [0.4, 0.5) is 29.3 Å². The number of para-hydroxylation sites is 1. The Bertz CT molecular complexity index is 591. The fourth-order valence-electron chi connectivity index (χ4n) is 2.22. The lowest BCUT2D eigenvalue weighted by Gasteiger charge is -2.40. The van der Waals surface area contributed by atoms with Crippen molar-refractivity contribution in [2.45, 2.75) is 38.6 Å². The van der Waals surface area contributed by atoms with E-state index in [1.165, 1.54) is 17.0 Å². The maximum absolute atomic E-state index is 13.0. The summed E-state index contributed by atoms with van der Waals surface area (Å²) in [5.74, 6) is 0. The van der Waals surface area contributed by atoms with Crippen LogP contribution in [0.3, 0.4) is 0 Å². The highest BCUT2D eigenvalue weighted by atomic mass is 19.4. The predicted molar refractivity (Wildman–Crippen MR) is 81.1 cm³/mol. The van der Waals surface area contributed by atoms with Gasteiger partial charge < -0.3 is 20.7 Å². The Balaban J connectivity index is 2.00. The van der Waals surface area contributed by atoms with Gasteiger partial charge in [0.25, 0.3) is 0 Å². The number of nitrogens with two attached hydrogens (primary N) is 1. The van der Waals surface area contributed by atoms with Crippen LogP contribution in [-0.2, 0) is 10.9 Å². The van der Waals surface area contributed by atoms with Gasteiger partial charge in [0.2, 0.25) is 0 Å². The Hall–Kier alpha value is -2.12. The lowest BCUT2D eigenvalue weighted by molar-refractivity contribution is -0.137. The first kappa shape index (κ1) is 17.2.